The van der Waals surface area contributed by atoms with Gasteiger partial charge in [0.25, 0.3) is 0 Å². The molecule has 2 N–H and O–H groups in total. The van der Waals surface area contributed by atoms with Gasteiger partial charge in [0.2, 0.25) is 11.8 Å². The number of aromatic nitrogens is 2. The van der Waals surface area contributed by atoms with Crippen LogP contribution in [-0.2, 0) is 6.61 Å². The number of hydrogen-bond acceptors (Lipinski definition) is 5. The lowest BCUT2D eigenvalue weighted by atomic mass is 10.1. The molecule has 0 spiro atoms. The van der Waals surface area contributed by atoms with E-state index in [1.54, 1.807) is 30.5 Å². The van der Waals surface area contributed by atoms with Gasteiger partial charge in [0, 0.05) is 23.4 Å². The number of nitrogens with zero attached hydrogens (tertiary/aromatic N) is 2. The van der Waals surface area contributed by atoms with Gasteiger partial charge in [-0.15, -0.1) is 5.10 Å². The van der Waals surface area contributed by atoms with Gasteiger partial charge in [-0.05, 0) is 31.9 Å². The molecule has 0 aliphatic carbocycles. The maximum atomic E-state index is 11.5. The van der Waals surface area contributed by atoms with Gasteiger partial charge >= 0.3 is 0 Å². The second kappa shape index (κ2) is 6.33. The van der Waals surface area contributed by atoms with Gasteiger partial charge in [-0.3, -0.25) is 4.79 Å². The molecule has 7 heteroatoms. The monoisotopic (exact) mass is 293 g/mol. The Morgan fingerprint density at radius 2 is 2.20 bits per heavy atom. The Kier molecular flexibility index (Phi) is 4.52. The molecular weight excluding hydrogens is 278 g/mol. The molecule has 0 fully saturated rings. The fourth-order valence-corrected chi connectivity index (χ4v) is 1.91. The fourth-order valence-electron chi connectivity index (χ4n) is 1.76. The molecule has 0 radical (unpaired) electrons. The number of carbonyl (C=O) groups excluding carboxylic acids is 1. The molecule has 0 unspecified atom stereocenters. The van der Waals surface area contributed by atoms with Gasteiger partial charge in [0.1, 0.15) is 12.4 Å². The van der Waals surface area contributed by atoms with E-state index in [4.69, 9.17) is 15.2 Å². The third-order valence-corrected chi connectivity index (χ3v) is 2.84. The molecule has 1 amide bonds. The number of benzene rings is 1. The zero-order chi connectivity index (χ0) is 14.5. The van der Waals surface area contributed by atoms with Crippen molar-refractivity contribution in [2.45, 2.75) is 13.5 Å². The van der Waals surface area contributed by atoms with Crippen LogP contribution in [0.2, 0.25) is 0 Å². The number of primary amides is 1. The fraction of sp³-hybridized carbons (Fsp3) is 0.231. The molecular formula is C13H15N3O3S. The Bertz CT molecular complexity index is 613. The number of nitrogens with two attached hydrogens (primary N) is 1. The second-order valence-corrected chi connectivity index (χ2v) is 4.35. The summed E-state index contributed by atoms with van der Waals surface area (Å²) in [5.74, 6) is 0.459. The highest BCUT2D eigenvalue weighted by Gasteiger charge is 2.14. The predicted molar refractivity (Wildman–Crippen MR) is 77.1 cm³/mol. The Labute approximate surface area is 122 Å². The number of rotatable bonds is 6. The summed E-state index contributed by atoms with van der Waals surface area (Å²) in [5, 5.41) is 3.98. The molecule has 106 valence electrons. The van der Waals surface area contributed by atoms with Gasteiger partial charge in [0.05, 0.1) is 6.61 Å². The second-order valence-electron chi connectivity index (χ2n) is 3.94. The van der Waals surface area contributed by atoms with E-state index in [-0.39, 0.29) is 6.61 Å². The Morgan fingerprint density at radius 3 is 2.80 bits per heavy atom. The van der Waals surface area contributed by atoms with E-state index in [1.807, 2.05) is 6.92 Å². The molecule has 1 heterocycles. The van der Waals surface area contributed by atoms with Gasteiger partial charge < -0.3 is 15.2 Å². The molecule has 1 aromatic heterocycles. The molecule has 0 aliphatic heterocycles. The molecule has 2 rings (SSSR count). The maximum absolute atomic E-state index is 11.5. The Hall–Kier alpha value is -2.15. The van der Waals surface area contributed by atoms with Crippen LogP contribution < -0.4 is 15.2 Å². The van der Waals surface area contributed by atoms with E-state index < -0.39 is 5.91 Å². The highest BCUT2D eigenvalue weighted by Crippen LogP contribution is 2.24. The Morgan fingerprint density at radius 1 is 1.40 bits per heavy atom. The lowest BCUT2D eigenvalue weighted by Gasteiger charge is -2.13. The van der Waals surface area contributed by atoms with E-state index >= 15 is 0 Å². The zero-order valence-corrected chi connectivity index (χ0v) is 11.8. The molecule has 0 aliphatic rings. The van der Waals surface area contributed by atoms with Crippen LogP contribution in [0.5, 0.6) is 11.6 Å². The van der Waals surface area contributed by atoms with Crippen molar-refractivity contribution in [3.05, 3.63) is 41.6 Å². The third kappa shape index (κ3) is 3.24. The minimum Gasteiger partial charge on any atom is -0.493 e. The normalized spacial score (nSPS) is 10.3. The Balaban J connectivity index is 2.25. The van der Waals surface area contributed by atoms with Crippen LogP contribution in [-0.4, -0.2) is 21.7 Å². The summed E-state index contributed by atoms with van der Waals surface area (Å²) in [4.78, 5) is 11.5. The zero-order valence-electron chi connectivity index (χ0n) is 10.9. The SMILES string of the molecule is CCOc1cccc(C(N)=O)c1COc1ccn(S)n1. The lowest BCUT2D eigenvalue weighted by molar-refractivity contribution is 0.0997. The quantitative estimate of drug-likeness (QED) is 0.794. The van der Waals surface area contributed by atoms with Crippen LogP contribution in [0.3, 0.4) is 0 Å². The lowest BCUT2D eigenvalue weighted by Crippen LogP contribution is -2.16. The summed E-state index contributed by atoms with van der Waals surface area (Å²) < 4.78 is 12.3. The molecule has 1 aromatic carbocycles. The van der Waals surface area contributed by atoms with Crippen molar-refractivity contribution in [1.82, 2.24) is 9.19 Å². The van der Waals surface area contributed by atoms with Crippen LogP contribution in [0.4, 0.5) is 0 Å². The summed E-state index contributed by atoms with van der Waals surface area (Å²) >= 11 is 4.02. The van der Waals surface area contributed by atoms with E-state index in [2.05, 4.69) is 17.9 Å². The summed E-state index contributed by atoms with van der Waals surface area (Å²) in [6.07, 6.45) is 1.64. The van der Waals surface area contributed by atoms with E-state index in [9.17, 15) is 4.79 Å². The van der Waals surface area contributed by atoms with E-state index in [0.29, 0.717) is 29.4 Å². The van der Waals surface area contributed by atoms with Crippen molar-refractivity contribution in [1.29, 1.82) is 0 Å². The smallest absolute Gasteiger partial charge is 0.249 e. The van der Waals surface area contributed by atoms with Gasteiger partial charge in [-0.2, -0.15) is 0 Å². The first-order valence-electron chi connectivity index (χ1n) is 6.04. The number of amides is 1. The molecule has 0 atom stereocenters. The number of carbonyl (C=O) groups is 1. The first kappa shape index (κ1) is 14.3. The first-order valence-corrected chi connectivity index (χ1v) is 6.44. The topological polar surface area (TPSA) is 79.4 Å². The molecule has 0 bridgehead atoms. The van der Waals surface area contributed by atoms with Crippen LogP contribution in [0.15, 0.2) is 30.5 Å². The van der Waals surface area contributed by atoms with Crippen LogP contribution in [0.25, 0.3) is 0 Å². The minimum absolute atomic E-state index is 0.138. The van der Waals surface area contributed by atoms with Crippen LogP contribution in [0.1, 0.15) is 22.8 Å². The average Bonchev–Trinajstić information content (AvgIpc) is 2.83. The standard InChI is InChI=1S/C13H15N3O3S/c1-2-18-11-5-3-4-9(13(14)17)10(11)8-19-12-6-7-16(20)15-12/h3-7,20H,2,8H2,1H3,(H2,14,17). The van der Waals surface area contributed by atoms with Gasteiger partial charge in [-0.1, -0.05) is 6.07 Å². The van der Waals surface area contributed by atoms with Crippen molar-refractivity contribution < 1.29 is 14.3 Å². The predicted octanol–water partition coefficient (Wildman–Crippen LogP) is 1.65. The van der Waals surface area contributed by atoms with Crippen molar-refractivity contribution in [2.75, 3.05) is 6.61 Å². The molecule has 20 heavy (non-hydrogen) atoms. The highest BCUT2D eigenvalue weighted by molar-refractivity contribution is 7.78. The number of ether oxygens (including phenoxy) is 2. The van der Waals surface area contributed by atoms with Crippen LogP contribution in [0, 0.1) is 0 Å². The molecule has 2 aromatic rings. The largest absolute Gasteiger partial charge is 0.493 e. The molecule has 0 saturated heterocycles. The maximum Gasteiger partial charge on any atom is 0.249 e. The molecule has 6 nitrogen and oxygen atoms in total. The summed E-state index contributed by atoms with van der Waals surface area (Å²) in [6.45, 7) is 2.49. The minimum atomic E-state index is -0.523. The molecule has 0 saturated carbocycles. The average molecular weight is 293 g/mol. The van der Waals surface area contributed by atoms with Crippen molar-refractivity contribution in [3.8, 4) is 11.6 Å². The van der Waals surface area contributed by atoms with Crippen molar-refractivity contribution in [2.24, 2.45) is 5.73 Å². The van der Waals surface area contributed by atoms with Gasteiger partial charge in [0.15, 0.2) is 0 Å². The number of thiol groups is 1. The van der Waals surface area contributed by atoms with Crippen LogP contribution >= 0.6 is 12.8 Å². The van der Waals surface area contributed by atoms with Gasteiger partial charge in [-0.25, -0.2) is 4.09 Å². The first-order chi connectivity index (χ1) is 9.61. The highest BCUT2D eigenvalue weighted by atomic mass is 32.1. The van der Waals surface area contributed by atoms with E-state index in [1.165, 1.54) is 4.09 Å². The summed E-state index contributed by atoms with van der Waals surface area (Å²) in [7, 11) is 0. The van der Waals surface area contributed by atoms with E-state index in [0.717, 1.165) is 0 Å². The summed E-state index contributed by atoms with van der Waals surface area (Å²) in [6, 6.07) is 6.80. The van der Waals surface area contributed by atoms with Crippen molar-refractivity contribution >= 4 is 18.7 Å². The summed E-state index contributed by atoms with van der Waals surface area (Å²) in [5.41, 5.74) is 6.35. The third-order valence-electron chi connectivity index (χ3n) is 2.61. The van der Waals surface area contributed by atoms with Crippen molar-refractivity contribution in [3.63, 3.8) is 0 Å². The number of hydrogen-bond donors (Lipinski definition) is 2.